The van der Waals surface area contributed by atoms with Gasteiger partial charge in [0.15, 0.2) is 0 Å². The summed E-state index contributed by atoms with van der Waals surface area (Å²) in [6, 6.07) is 6.46. The third-order valence-electron chi connectivity index (χ3n) is 4.19. The minimum absolute atomic E-state index is 0.0882. The third kappa shape index (κ3) is 1.57. The van der Waals surface area contributed by atoms with Gasteiger partial charge in [0.2, 0.25) is 11.8 Å². The smallest absolute Gasteiger partial charge is 0.233 e. The van der Waals surface area contributed by atoms with Crippen molar-refractivity contribution >= 4 is 11.8 Å². The maximum atomic E-state index is 12.0. The normalized spacial score (nSPS) is 25.9. The van der Waals surface area contributed by atoms with E-state index in [0.717, 1.165) is 0 Å². The molecule has 2 amide bonds. The monoisotopic (exact) mass is 243 g/mol. The Hall–Kier alpha value is -1.64. The van der Waals surface area contributed by atoms with E-state index in [9.17, 15) is 9.59 Å². The van der Waals surface area contributed by atoms with Crippen LogP contribution in [-0.4, -0.2) is 11.8 Å². The summed E-state index contributed by atoms with van der Waals surface area (Å²) in [5.74, 6) is 0.276. The first kappa shape index (κ1) is 11.5. The zero-order valence-corrected chi connectivity index (χ0v) is 10.7. The van der Waals surface area contributed by atoms with Crippen LogP contribution in [0.2, 0.25) is 0 Å². The molecule has 1 atom stereocenters. The van der Waals surface area contributed by atoms with E-state index < -0.39 is 5.41 Å². The summed E-state index contributed by atoms with van der Waals surface area (Å²) in [7, 11) is 0. The van der Waals surface area contributed by atoms with Gasteiger partial charge in [-0.25, -0.2) is 0 Å². The maximum Gasteiger partial charge on any atom is 0.233 e. The van der Waals surface area contributed by atoms with Gasteiger partial charge in [-0.05, 0) is 35.4 Å². The molecule has 3 nitrogen and oxygen atoms in total. The second-order valence-corrected chi connectivity index (χ2v) is 5.87. The molecule has 1 unspecified atom stereocenters. The number of imide groups is 1. The summed E-state index contributed by atoms with van der Waals surface area (Å²) in [6.45, 7) is 4.33. The molecule has 1 heterocycles. The summed E-state index contributed by atoms with van der Waals surface area (Å²) in [6.07, 6.45) is 1.76. The molecule has 1 N–H and O–H groups in total. The first-order valence-electron chi connectivity index (χ1n) is 6.46. The van der Waals surface area contributed by atoms with Crippen LogP contribution in [0, 0.1) is 5.41 Å². The topological polar surface area (TPSA) is 46.2 Å². The van der Waals surface area contributed by atoms with Gasteiger partial charge in [-0.1, -0.05) is 32.0 Å². The van der Waals surface area contributed by atoms with Crippen LogP contribution >= 0.6 is 0 Å². The van der Waals surface area contributed by atoms with Gasteiger partial charge in [-0.3, -0.25) is 14.9 Å². The molecule has 0 radical (unpaired) electrons. The van der Waals surface area contributed by atoms with Crippen LogP contribution in [0.3, 0.4) is 0 Å². The molecule has 1 aliphatic carbocycles. The average molecular weight is 243 g/mol. The second-order valence-electron chi connectivity index (χ2n) is 5.87. The molecular weight excluding hydrogens is 226 g/mol. The van der Waals surface area contributed by atoms with Crippen molar-refractivity contribution in [1.29, 1.82) is 0 Å². The van der Waals surface area contributed by atoms with E-state index >= 15 is 0 Å². The number of benzene rings is 1. The number of amides is 2. The Balaban J connectivity index is 1.96. The van der Waals surface area contributed by atoms with Gasteiger partial charge in [-0.15, -0.1) is 0 Å². The molecule has 94 valence electrons. The van der Waals surface area contributed by atoms with Crippen LogP contribution in [-0.2, 0) is 22.4 Å². The fourth-order valence-electron chi connectivity index (χ4n) is 3.11. The molecule has 0 saturated carbocycles. The number of fused-ring (bicyclic) bond motifs is 1. The zero-order chi connectivity index (χ0) is 12.9. The number of carbonyl (C=O) groups excluding carboxylic acids is 2. The molecule has 0 aromatic heterocycles. The Labute approximate surface area is 107 Å². The Bertz CT molecular complexity index is 547. The average Bonchev–Trinajstić information content (AvgIpc) is 2.78. The van der Waals surface area contributed by atoms with Crippen molar-refractivity contribution in [2.75, 3.05) is 0 Å². The van der Waals surface area contributed by atoms with Crippen molar-refractivity contribution in [3.05, 3.63) is 34.9 Å². The Kier molecular flexibility index (Phi) is 2.34. The van der Waals surface area contributed by atoms with Crippen molar-refractivity contribution in [2.45, 2.75) is 39.0 Å². The zero-order valence-electron chi connectivity index (χ0n) is 10.7. The Morgan fingerprint density at radius 3 is 2.44 bits per heavy atom. The fraction of sp³-hybridized carbons (Fsp3) is 0.467. The largest absolute Gasteiger partial charge is 0.296 e. The van der Waals surface area contributed by atoms with Crippen LogP contribution < -0.4 is 5.32 Å². The Morgan fingerprint density at radius 2 is 1.83 bits per heavy atom. The van der Waals surface area contributed by atoms with E-state index in [0.29, 0.717) is 25.2 Å². The van der Waals surface area contributed by atoms with Gasteiger partial charge in [0.25, 0.3) is 0 Å². The van der Waals surface area contributed by atoms with Crippen molar-refractivity contribution in [1.82, 2.24) is 5.32 Å². The van der Waals surface area contributed by atoms with Crippen LogP contribution in [0.1, 0.15) is 42.9 Å². The van der Waals surface area contributed by atoms with E-state index in [1.165, 1.54) is 16.7 Å². The molecule has 1 aromatic rings. The summed E-state index contributed by atoms with van der Waals surface area (Å²) in [5.41, 5.74) is 3.28. The lowest BCUT2D eigenvalue weighted by atomic mass is 9.83. The number of rotatable bonds is 1. The molecule has 3 rings (SSSR count). The standard InChI is InChI=1S/C15H17NO2/c1-9(2)10-3-4-11-6-15(7-12(11)5-10)8-13(17)16-14(15)18/h3-5,9H,6-8H2,1-2H3,(H,16,17,18). The van der Waals surface area contributed by atoms with Crippen LogP contribution in [0.15, 0.2) is 18.2 Å². The molecule has 1 aliphatic heterocycles. The highest BCUT2D eigenvalue weighted by Crippen LogP contribution is 2.43. The van der Waals surface area contributed by atoms with Gasteiger partial charge in [0.05, 0.1) is 5.41 Å². The minimum atomic E-state index is -0.491. The highest BCUT2D eigenvalue weighted by molar-refractivity contribution is 6.06. The van der Waals surface area contributed by atoms with Gasteiger partial charge in [-0.2, -0.15) is 0 Å². The number of nitrogens with one attached hydrogen (secondary N) is 1. The van der Waals surface area contributed by atoms with Crippen molar-refractivity contribution in [3.63, 3.8) is 0 Å². The van der Waals surface area contributed by atoms with Crippen molar-refractivity contribution < 1.29 is 9.59 Å². The van der Waals surface area contributed by atoms with Gasteiger partial charge >= 0.3 is 0 Å². The second kappa shape index (κ2) is 3.67. The molecule has 1 saturated heterocycles. The molecule has 18 heavy (non-hydrogen) atoms. The quantitative estimate of drug-likeness (QED) is 0.766. The van der Waals surface area contributed by atoms with E-state index in [4.69, 9.17) is 0 Å². The lowest BCUT2D eigenvalue weighted by Gasteiger charge is -2.16. The van der Waals surface area contributed by atoms with E-state index in [2.05, 4.69) is 37.4 Å². The maximum absolute atomic E-state index is 12.0. The fourth-order valence-corrected chi connectivity index (χ4v) is 3.11. The molecule has 1 spiro atoms. The number of hydrogen-bond acceptors (Lipinski definition) is 2. The van der Waals surface area contributed by atoms with Crippen molar-refractivity contribution in [2.24, 2.45) is 5.41 Å². The minimum Gasteiger partial charge on any atom is -0.296 e. The summed E-state index contributed by atoms with van der Waals surface area (Å²) in [4.78, 5) is 23.4. The highest BCUT2D eigenvalue weighted by Gasteiger charge is 2.50. The SMILES string of the molecule is CC(C)c1ccc2c(c1)CC1(CC(=O)NC1=O)C2. The molecule has 1 aromatic carbocycles. The summed E-state index contributed by atoms with van der Waals surface area (Å²) < 4.78 is 0. The Morgan fingerprint density at radius 1 is 1.11 bits per heavy atom. The summed E-state index contributed by atoms with van der Waals surface area (Å²) >= 11 is 0. The van der Waals surface area contributed by atoms with Crippen molar-refractivity contribution in [3.8, 4) is 0 Å². The highest BCUT2D eigenvalue weighted by atomic mass is 16.2. The van der Waals surface area contributed by atoms with Gasteiger partial charge in [0.1, 0.15) is 0 Å². The van der Waals surface area contributed by atoms with E-state index in [1.807, 2.05) is 0 Å². The summed E-state index contributed by atoms with van der Waals surface area (Å²) in [5, 5.41) is 2.44. The lowest BCUT2D eigenvalue weighted by molar-refractivity contribution is -0.128. The van der Waals surface area contributed by atoms with Crippen LogP contribution in [0.5, 0.6) is 0 Å². The molecule has 1 fully saturated rings. The first-order valence-corrected chi connectivity index (χ1v) is 6.46. The molecule has 2 aliphatic rings. The molecular formula is C15H17NO2. The predicted molar refractivity (Wildman–Crippen MR) is 68.1 cm³/mol. The predicted octanol–water partition coefficient (Wildman–Crippen LogP) is 1.94. The first-order chi connectivity index (χ1) is 8.50. The third-order valence-corrected chi connectivity index (χ3v) is 4.19. The number of hydrogen-bond donors (Lipinski definition) is 1. The number of carbonyl (C=O) groups is 2. The van der Waals surface area contributed by atoms with E-state index in [-0.39, 0.29) is 11.8 Å². The molecule has 0 bridgehead atoms. The van der Waals surface area contributed by atoms with E-state index in [1.54, 1.807) is 0 Å². The van der Waals surface area contributed by atoms with Crippen LogP contribution in [0.4, 0.5) is 0 Å². The molecule has 3 heteroatoms. The van der Waals surface area contributed by atoms with Gasteiger partial charge < -0.3 is 0 Å². The van der Waals surface area contributed by atoms with Gasteiger partial charge in [0, 0.05) is 6.42 Å². The van der Waals surface area contributed by atoms with Crippen LogP contribution in [0.25, 0.3) is 0 Å². The lowest BCUT2D eigenvalue weighted by Crippen LogP contribution is -2.32.